The van der Waals surface area contributed by atoms with E-state index in [-0.39, 0.29) is 18.4 Å². The zero-order valence-electron chi connectivity index (χ0n) is 16.1. The molecule has 26 heavy (non-hydrogen) atoms. The normalized spacial score (nSPS) is 11.9. The maximum absolute atomic E-state index is 12.4. The van der Waals surface area contributed by atoms with Crippen LogP contribution in [0.1, 0.15) is 23.6 Å². The van der Waals surface area contributed by atoms with E-state index in [1.807, 2.05) is 63.2 Å². The van der Waals surface area contributed by atoms with Gasteiger partial charge in [0.15, 0.2) is 0 Å². The number of anilines is 2. The summed E-state index contributed by atoms with van der Waals surface area (Å²) >= 11 is 0. The van der Waals surface area contributed by atoms with E-state index in [0.29, 0.717) is 0 Å². The van der Waals surface area contributed by atoms with Gasteiger partial charge in [-0.25, -0.2) is 0 Å². The number of hydrogen-bond acceptors (Lipinski definition) is 3. The predicted molar refractivity (Wildman–Crippen MR) is 106 cm³/mol. The molecule has 2 rings (SSSR count). The highest BCUT2D eigenvalue weighted by molar-refractivity contribution is 5.96. The smallest absolute Gasteiger partial charge is 0.241 e. The molecule has 0 bridgehead atoms. The summed E-state index contributed by atoms with van der Waals surface area (Å²) in [6.07, 6.45) is 0. The van der Waals surface area contributed by atoms with Gasteiger partial charge in [0, 0.05) is 11.4 Å². The Labute approximate surface area is 155 Å². The van der Waals surface area contributed by atoms with Gasteiger partial charge in [-0.3, -0.25) is 14.5 Å². The van der Waals surface area contributed by atoms with Crippen molar-refractivity contribution in [3.8, 4) is 0 Å². The Morgan fingerprint density at radius 1 is 1.00 bits per heavy atom. The topological polar surface area (TPSA) is 61.4 Å². The van der Waals surface area contributed by atoms with Gasteiger partial charge in [-0.05, 0) is 63.6 Å². The standard InChI is InChI=1S/C21H27N3O2/c1-14-8-6-11-18(12-14)22-21(26)17(4)24(5)13-19(25)23-20-15(2)9-7-10-16(20)3/h6-12,17H,13H2,1-5H3,(H,22,26)(H,23,25). The molecule has 138 valence electrons. The summed E-state index contributed by atoms with van der Waals surface area (Å²) in [4.78, 5) is 26.5. The molecule has 2 N–H and O–H groups in total. The fourth-order valence-corrected chi connectivity index (χ4v) is 2.72. The van der Waals surface area contributed by atoms with Crippen molar-refractivity contribution in [2.24, 2.45) is 0 Å². The van der Waals surface area contributed by atoms with Crippen LogP contribution >= 0.6 is 0 Å². The van der Waals surface area contributed by atoms with Crippen LogP contribution in [0.4, 0.5) is 11.4 Å². The maximum Gasteiger partial charge on any atom is 0.241 e. The van der Waals surface area contributed by atoms with Crippen molar-refractivity contribution in [1.82, 2.24) is 4.90 Å². The van der Waals surface area contributed by atoms with Gasteiger partial charge in [0.2, 0.25) is 11.8 Å². The summed E-state index contributed by atoms with van der Waals surface area (Å²) in [6, 6.07) is 13.1. The molecule has 0 saturated carbocycles. The number of para-hydroxylation sites is 1. The van der Waals surface area contributed by atoms with Gasteiger partial charge in [-0.15, -0.1) is 0 Å². The Balaban J connectivity index is 1.94. The minimum absolute atomic E-state index is 0.135. The van der Waals surface area contributed by atoms with Gasteiger partial charge < -0.3 is 10.6 Å². The predicted octanol–water partition coefficient (Wildman–Crippen LogP) is 3.51. The van der Waals surface area contributed by atoms with E-state index in [9.17, 15) is 9.59 Å². The minimum atomic E-state index is -0.431. The second-order valence-corrected chi connectivity index (χ2v) is 6.76. The molecule has 0 aliphatic rings. The number of hydrogen-bond donors (Lipinski definition) is 2. The van der Waals surface area contributed by atoms with E-state index in [1.165, 1.54) is 0 Å². The quantitative estimate of drug-likeness (QED) is 0.835. The Hall–Kier alpha value is -2.66. The van der Waals surface area contributed by atoms with Crippen molar-refractivity contribution in [3.63, 3.8) is 0 Å². The highest BCUT2D eigenvalue weighted by Gasteiger charge is 2.20. The van der Waals surface area contributed by atoms with Gasteiger partial charge in [0.1, 0.15) is 0 Å². The van der Waals surface area contributed by atoms with E-state index in [0.717, 1.165) is 28.1 Å². The van der Waals surface area contributed by atoms with E-state index in [2.05, 4.69) is 10.6 Å². The molecule has 5 heteroatoms. The third kappa shape index (κ3) is 5.17. The Kier molecular flexibility index (Phi) is 6.52. The summed E-state index contributed by atoms with van der Waals surface area (Å²) < 4.78 is 0. The highest BCUT2D eigenvalue weighted by Crippen LogP contribution is 2.19. The maximum atomic E-state index is 12.4. The van der Waals surface area contributed by atoms with Crippen LogP contribution in [0.25, 0.3) is 0 Å². The van der Waals surface area contributed by atoms with E-state index in [4.69, 9.17) is 0 Å². The number of carbonyl (C=O) groups excluding carboxylic acids is 2. The van der Waals surface area contributed by atoms with Gasteiger partial charge in [-0.2, -0.15) is 0 Å². The van der Waals surface area contributed by atoms with Crippen molar-refractivity contribution in [1.29, 1.82) is 0 Å². The lowest BCUT2D eigenvalue weighted by molar-refractivity contribution is -0.122. The average Bonchev–Trinajstić information content (AvgIpc) is 2.57. The van der Waals surface area contributed by atoms with Crippen LogP contribution in [0.3, 0.4) is 0 Å². The minimum Gasteiger partial charge on any atom is -0.325 e. The van der Waals surface area contributed by atoms with Gasteiger partial charge in [0.05, 0.1) is 12.6 Å². The lowest BCUT2D eigenvalue weighted by Crippen LogP contribution is -2.43. The molecule has 0 aromatic heterocycles. The molecule has 0 heterocycles. The second kappa shape index (κ2) is 8.63. The molecule has 1 unspecified atom stereocenters. The summed E-state index contributed by atoms with van der Waals surface area (Å²) in [5.41, 5.74) is 4.72. The summed E-state index contributed by atoms with van der Waals surface area (Å²) in [7, 11) is 1.77. The van der Waals surface area contributed by atoms with Gasteiger partial charge >= 0.3 is 0 Å². The van der Waals surface area contributed by atoms with Crippen LogP contribution < -0.4 is 10.6 Å². The Bertz CT molecular complexity index is 781. The first kappa shape index (κ1) is 19.7. The van der Waals surface area contributed by atoms with E-state index < -0.39 is 6.04 Å². The lowest BCUT2D eigenvalue weighted by atomic mass is 10.1. The monoisotopic (exact) mass is 353 g/mol. The molecule has 0 saturated heterocycles. The highest BCUT2D eigenvalue weighted by atomic mass is 16.2. The molecule has 2 amide bonds. The molecule has 2 aromatic carbocycles. The van der Waals surface area contributed by atoms with Gasteiger partial charge in [-0.1, -0.05) is 30.3 Å². The lowest BCUT2D eigenvalue weighted by Gasteiger charge is -2.23. The Morgan fingerprint density at radius 2 is 1.62 bits per heavy atom. The molecule has 0 radical (unpaired) electrons. The van der Waals surface area contributed by atoms with Crippen molar-refractivity contribution < 1.29 is 9.59 Å². The average molecular weight is 353 g/mol. The first-order valence-corrected chi connectivity index (χ1v) is 8.71. The van der Waals surface area contributed by atoms with Crippen LogP contribution in [-0.2, 0) is 9.59 Å². The van der Waals surface area contributed by atoms with Crippen LogP contribution in [-0.4, -0.2) is 36.3 Å². The summed E-state index contributed by atoms with van der Waals surface area (Å²) in [5.74, 6) is -0.280. The zero-order chi connectivity index (χ0) is 19.3. The summed E-state index contributed by atoms with van der Waals surface area (Å²) in [5, 5.41) is 5.84. The third-order valence-corrected chi connectivity index (χ3v) is 4.46. The SMILES string of the molecule is Cc1cccc(NC(=O)C(C)N(C)CC(=O)Nc2c(C)cccc2C)c1. The number of benzene rings is 2. The largest absolute Gasteiger partial charge is 0.325 e. The van der Waals surface area contributed by atoms with E-state index >= 15 is 0 Å². The first-order chi connectivity index (χ1) is 12.3. The Morgan fingerprint density at radius 3 is 2.23 bits per heavy atom. The number of nitrogens with one attached hydrogen (secondary N) is 2. The number of nitrogens with zero attached hydrogens (tertiary/aromatic N) is 1. The molecule has 0 spiro atoms. The van der Waals surface area contributed by atoms with Crippen LogP contribution in [0.15, 0.2) is 42.5 Å². The number of carbonyl (C=O) groups is 2. The first-order valence-electron chi connectivity index (χ1n) is 8.71. The van der Waals surface area contributed by atoms with Crippen molar-refractivity contribution >= 4 is 23.2 Å². The van der Waals surface area contributed by atoms with Crippen molar-refractivity contribution in [2.45, 2.75) is 33.7 Å². The number of amides is 2. The van der Waals surface area contributed by atoms with E-state index in [1.54, 1.807) is 18.9 Å². The molecule has 0 fully saturated rings. The molecular weight excluding hydrogens is 326 g/mol. The number of aryl methyl sites for hydroxylation is 3. The van der Waals surface area contributed by atoms with Crippen LogP contribution in [0, 0.1) is 20.8 Å². The molecule has 0 aliphatic heterocycles. The van der Waals surface area contributed by atoms with Crippen molar-refractivity contribution in [3.05, 3.63) is 59.2 Å². The summed E-state index contributed by atoms with van der Waals surface area (Å²) in [6.45, 7) is 7.82. The molecule has 2 aromatic rings. The van der Waals surface area contributed by atoms with Crippen LogP contribution in [0.2, 0.25) is 0 Å². The number of likely N-dealkylation sites (N-methyl/N-ethyl adjacent to an activating group) is 1. The van der Waals surface area contributed by atoms with Crippen molar-refractivity contribution in [2.75, 3.05) is 24.2 Å². The van der Waals surface area contributed by atoms with Crippen LogP contribution in [0.5, 0.6) is 0 Å². The molecule has 0 aliphatic carbocycles. The molecular formula is C21H27N3O2. The zero-order valence-corrected chi connectivity index (χ0v) is 16.1. The molecule has 5 nitrogen and oxygen atoms in total. The number of rotatable bonds is 6. The third-order valence-electron chi connectivity index (χ3n) is 4.46. The molecule has 1 atom stereocenters. The van der Waals surface area contributed by atoms with Gasteiger partial charge in [0.25, 0.3) is 0 Å². The fraction of sp³-hybridized carbons (Fsp3) is 0.333. The fourth-order valence-electron chi connectivity index (χ4n) is 2.72. The second-order valence-electron chi connectivity index (χ2n) is 6.76.